The molecule has 116 valence electrons. The van der Waals surface area contributed by atoms with Gasteiger partial charge in [-0.2, -0.15) is 9.97 Å². The highest BCUT2D eigenvalue weighted by Crippen LogP contribution is 2.25. The summed E-state index contributed by atoms with van der Waals surface area (Å²) < 4.78 is 11.8. The van der Waals surface area contributed by atoms with E-state index in [2.05, 4.69) is 19.9 Å². The lowest BCUT2D eigenvalue weighted by Crippen LogP contribution is -2.30. The Kier molecular flexibility index (Phi) is 4.46. The first-order valence-electron chi connectivity index (χ1n) is 7.61. The molecule has 0 aromatic carbocycles. The van der Waals surface area contributed by atoms with Gasteiger partial charge in [0.15, 0.2) is 0 Å². The summed E-state index contributed by atoms with van der Waals surface area (Å²) in [5.74, 6) is 2.77. The van der Waals surface area contributed by atoms with Gasteiger partial charge in [0, 0.05) is 24.5 Å². The molecule has 0 bridgehead atoms. The molecule has 0 atom stereocenters. The van der Waals surface area contributed by atoms with Crippen molar-refractivity contribution in [2.45, 2.75) is 51.7 Å². The Labute approximate surface area is 130 Å². The van der Waals surface area contributed by atoms with Crippen LogP contribution in [-0.2, 0) is 0 Å². The van der Waals surface area contributed by atoms with Crippen LogP contribution >= 0.6 is 0 Å². The summed E-state index contributed by atoms with van der Waals surface area (Å²) in [6, 6.07) is 3.61. The molecule has 6 heteroatoms. The van der Waals surface area contributed by atoms with Gasteiger partial charge in [-0.15, -0.1) is 0 Å². The molecule has 1 aliphatic rings. The van der Waals surface area contributed by atoms with Crippen molar-refractivity contribution < 1.29 is 9.47 Å². The van der Waals surface area contributed by atoms with E-state index in [1.54, 1.807) is 24.5 Å². The summed E-state index contributed by atoms with van der Waals surface area (Å²) in [6.45, 7) is 3.72. The van der Waals surface area contributed by atoms with Gasteiger partial charge >= 0.3 is 0 Å². The molecule has 0 saturated heterocycles. The Morgan fingerprint density at radius 3 is 1.55 bits per heavy atom. The average molecular weight is 300 g/mol. The van der Waals surface area contributed by atoms with Crippen LogP contribution in [-0.4, -0.2) is 32.1 Å². The summed E-state index contributed by atoms with van der Waals surface area (Å²) in [5, 5.41) is 0. The largest absolute Gasteiger partial charge is 0.474 e. The van der Waals surface area contributed by atoms with E-state index in [1.165, 1.54) is 0 Å². The minimum Gasteiger partial charge on any atom is -0.474 e. The molecule has 1 aliphatic carbocycles. The minimum absolute atomic E-state index is 0.196. The van der Waals surface area contributed by atoms with Gasteiger partial charge in [0.2, 0.25) is 11.8 Å². The summed E-state index contributed by atoms with van der Waals surface area (Å²) in [6.07, 6.45) is 7.67. The molecule has 3 rings (SSSR count). The maximum absolute atomic E-state index is 5.92. The second kappa shape index (κ2) is 6.68. The Morgan fingerprint density at radius 2 is 1.18 bits per heavy atom. The first-order valence-corrected chi connectivity index (χ1v) is 7.61. The molecule has 1 fully saturated rings. The first-order chi connectivity index (χ1) is 10.7. The van der Waals surface area contributed by atoms with E-state index in [1.807, 2.05) is 13.8 Å². The lowest BCUT2D eigenvalue weighted by atomic mass is 9.95. The van der Waals surface area contributed by atoms with Crippen molar-refractivity contribution in [3.63, 3.8) is 0 Å². The molecule has 0 amide bonds. The third-order valence-corrected chi connectivity index (χ3v) is 3.70. The van der Waals surface area contributed by atoms with Gasteiger partial charge in [-0.1, -0.05) is 0 Å². The van der Waals surface area contributed by atoms with Crippen molar-refractivity contribution >= 4 is 0 Å². The molecule has 2 aromatic rings. The molecule has 0 aliphatic heterocycles. The maximum atomic E-state index is 5.92. The zero-order valence-electron chi connectivity index (χ0n) is 12.9. The van der Waals surface area contributed by atoms with E-state index < -0.39 is 0 Å². The molecule has 1 saturated carbocycles. The Morgan fingerprint density at radius 1 is 0.773 bits per heavy atom. The fourth-order valence-corrected chi connectivity index (χ4v) is 2.61. The van der Waals surface area contributed by atoms with Crippen molar-refractivity contribution in [2.75, 3.05) is 0 Å². The number of aryl methyl sites for hydroxylation is 2. The Hall–Kier alpha value is -2.24. The van der Waals surface area contributed by atoms with Crippen molar-refractivity contribution in [3.8, 4) is 11.8 Å². The highest BCUT2D eigenvalue weighted by molar-refractivity contribution is 5.09. The summed E-state index contributed by atoms with van der Waals surface area (Å²) >= 11 is 0. The normalized spacial score (nSPS) is 21.4. The summed E-state index contributed by atoms with van der Waals surface area (Å²) in [4.78, 5) is 16.7. The molecule has 0 unspecified atom stereocenters. The van der Waals surface area contributed by atoms with Gasteiger partial charge in [-0.05, 0) is 39.5 Å². The fourth-order valence-electron chi connectivity index (χ4n) is 2.61. The second-order valence-electron chi connectivity index (χ2n) is 5.52. The lowest BCUT2D eigenvalue weighted by molar-refractivity contribution is 0.0751. The number of rotatable bonds is 4. The highest BCUT2D eigenvalue weighted by atomic mass is 16.5. The van der Waals surface area contributed by atoms with Crippen LogP contribution in [0.1, 0.15) is 37.3 Å². The highest BCUT2D eigenvalue weighted by Gasteiger charge is 2.24. The van der Waals surface area contributed by atoms with Gasteiger partial charge in [-0.25, -0.2) is 9.97 Å². The van der Waals surface area contributed by atoms with Gasteiger partial charge in [0.05, 0.1) is 0 Å². The second-order valence-corrected chi connectivity index (χ2v) is 5.52. The van der Waals surface area contributed by atoms with Crippen molar-refractivity contribution in [1.29, 1.82) is 0 Å². The number of nitrogens with zero attached hydrogens (tertiary/aromatic N) is 4. The maximum Gasteiger partial charge on any atom is 0.216 e. The van der Waals surface area contributed by atoms with Crippen LogP contribution < -0.4 is 9.47 Å². The van der Waals surface area contributed by atoms with Crippen LogP contribution in [0.3, 0.4) is 0 Å². The predicted molar refractivity (Wildman–Crippen MR) is 80.8 cm³/mol. The zero-order valence-corrected chi connectivity index (χ0v) is 12.9. The van der Waals surface area contributed by atoms with E-state index in [9.17, 15) is 0 Å². The summed E-state index contributed by atoms with van der Waals surface area (Å²) in [7, 11) is 0. The fraction of sp³-hybridized carbons (Fsp3) is 0.500. The topological polar surface area (TPSA) is 70.0 Å². The van der Waals surface area contributed by atoms with E-state index in [0.29, 0.717) is 11.8 Å². The van der Waals surface area contributed by atoms with Gasteiger partial charge in [0.25, 0.3) is 0 Å². The molecule has 2 heterocycles. The molecular weight excluding hydrogens is 280 g/mol. The minimum atomic E-state index is 0.196. The van der Waals surface area contributed by atoms with Crippen LogP contribution in [0.15, 0.2) is 24.5 Å². The van der Waals surface area contributed by atoms with Crippen LogP contribution in [0.25, 0.3) is 0 Å². The van der Waals surface area contributed by atoms with Gasteiger partial charge in [0.1, 0.15) is 23.9 Å². The monoisotopic (exact) mass is 300 g/mol. The van der Waals surface area contributed by atoms with Crippen molar-refractivity contribution in [2.24, 2.45) is 0 Å². The van der Waals surface area contributed by atoms with E-state index >= 15 is 0 Å². The number of aromatic nitrogens is 4. The van der Waals surface area contributed by atoms with Crippen molar-refractivity contribution in [1.82, 2.24) is 19.9 Å². The summed E-state index contributed by atoms with van der Waals surface area (Å²) in [5.41, 5.74) is 0. The van der Waals surface area contributed by atoms with Crippen LogP contribution in [0.2, 0.25) is 0 Å². The molecule has 0 spiro atoms. The van der Waals surface area contributed by atoms with Gasteiger partial charge < -0.3 is 9.47 Å². The van der Waals surface area contributed by atoms with Gasteiger partial charge in [-0.3, -0.25) is 0 Å². The molecule has 0 N–H and O–H groups in total. The number of hydrogen-bond donors (Lipinski definition) is 0. The van der Waals surface area contributed by atoms with E-state index in [4.69, 9.17) is 9.47 Å². The zero-order chi connectivity index (χ0) is 15.4. The standard InChI is InChI=1S/C16H20N4O2/c1-11-17-9-7-15(19-11)21-13-3-5-14(6-4-13)22-16-8-10-18-12(2)20-16/h7-10,13-14H,3-6H2,1-2H3. The first kappa shape index (κ1) is 14.7. The smallest absolute Gasteiger partial charge is 0.216 e. The SMILES string of the molecule is Cc1nccc(OC2CCC(Oc3ccnc(C)n3)CC2)n1. The van der Waals surface area contributed by atoms with Crippen LogP contribution in [0, 0.1) is 13.8 Å². The Balaban J connectivity index is 1.50. The number of ether oxygens (including phenoxy) is 2. The average Bonchev–Trinajstić information content (AvgIpc) is 2.49. The van der Waals surface area contributed by atoms with Crippen LogP contribution in [0.4, 0.5) is 0 Å². The molecule has 2 aromatic heterocycles. The van der Waals surface area contributed by atoms with E-state index in [-0.39, 0.29) is 12.2 Å². The Bertz CT molecular complexity index is 572. The van der Waals surface area contributed by atoms with Crippen LogP contribution in [0.5, 0.6) is 11.8 Å². The predicted octanol–water partition coefficient (Wildman–Crippen LogP) is 2.65. The van der Waals surface area contributed by atoms with E-state index in [0.717, 1.165) is 37.3 Å². The molecule has 22 heavy (non-hydrogen) atoms. The lowest BCUT2D eigenvalue weighted by Gasteiger charge is -2.28. The molecule has 6 nitrogen and oxygen atoms in total. The quantitative estimate of drug-likeness (QED) is 0.864. The number of hydrogen-bond acceptors (Lipinski definition) is 6. The third-order valence-electron chi connectivity index (χ3n) is 3.70. The van der Waals surface area contributed by atoms with Crippen molar-refractivity contribution in [3.05, 3.63) is 36.2 Å². The third kappa shape index (κ3) is 3.90. The molecule has 0 radical (unpaired) electrons. The molecular formula is C16H20N4O2.